The maximum Gasteiger partial charge on any atom is 0.335 e. The van der Waals surface area contributed by atoms with E-state index in [2.05, 4.69) is 21.1 Å². The molecule has 2 heterocycles. The first-order chi connectivity index (χ1) is 10.1. The monoisotopic (exact) mass is 285 g/mol. The molecule has 5 heteroatoms. The summed E-state index contributed by atoms with van der Waals surface area (Å²) < 4.78 is 2.05. The van der Waals surface area contributed by atoms with Gasteiger partial charge in [0.05, 0.1) is 5.56 Å². The van der Waals surface area contributed by atoms with Gasteiger partial charge in [0.1, 0.15) is 5.82 Å². The zero-order valence-corrected chi connectivity index (χ0v) is 12.1. The van der Waals surface area contributed by atoms with E-state index in [0.717, 1.165) is 43.0 Å². The Bertz CT molecular complexity index is 647. The van der Waals surface area contributed by atoms with Crippen molar-refractivity contribution in [3.63, 3.8) is 0 Å². The first-order valence-corrected chi connectivity index (χ1v) is 6.92. The maximum absolute atomic E-state index is 11.0. The van der Waals surface area contributed by atoms with Gasteiger partial charge < -0.3 is 9.67 Å². The van der Waals surface area contributed by atoms with Crippen LogP contribution in [0.25, 0.3) is 0 Å². The lowest BCUT2D eigenvalue weighted by Crippen LogP contribution is -2.04. The Morgan fingerprint density at radius 1 is 1.43 bits per heavy atom. The molecule has 2 rings (SSSR count). The van der Waals surface area contributed by atoms with Crippen molar-refractivity contribution in [1.29, 1.82) is 0 Å². The molecule has 0 spiro atoms. The molecule has 2 aromatic heterocycles. The molecule has 0 aliphatic rings. The summed E-state index contributed by atoms with van der Waals surface area (Å²) in [6.07, 6.45) is 8.01. The lowest BCUT2D eigenvalue weighted by molar-refractivity contribution is 0.0696. The Morgan fingerprint density at radius 3 is 2.95 bits per heavy atom. The number of carboxylic acid groups (broad SMARTS) is 1. The highest BCUT2D eigenvalue weighted by Crippen LogP contribution is 2.10. The van der Waals surface area contributed by atoms with Crippen LogP contribution in [0.1, 0.15) is 34.0 Å². The molecule has 0 saturated heterocycles. The molecular formula is C16H19N3O2. The maximum atomic E-state index is 11.0. The Kier molecular flexibility index (Phi) is 4.87. The Hall–Kier alpha value is -2.43. The van der Waals surface area contributed by atoms with Gasteiger partial charge in [0, 0.05) is 36.7 Å². The molecule has 0 saturated carbocycles. The summed E-state index contributed by atoms with van der Waals surface area (Å²) >= 11 is 0. The molecule has 110 valence electrons. The van der Waals surface area contributed by atoms with E-state index in [1.54, 1.807) is 18.3 Å². The number of rotatable bonds is 7. The molecule has 5 nitrogen and oxygen atoms in total. The number of aromatic carboxylic acids is 1. The lowest BCUT2D eigenvalue weighted by atomic mass is 10.1. The van der Waals surface area contributed by atoms with Crippen molar-refractivity contribution in [2.24, 2.45) is 0 Å². The molecule has 21 heavy (non-hydrogen) atoms. The largest absolute Gasteiger partial charge is 0.478 e. The summed E-state index contributed by atoms with van der Waals surface area (Å²) in [4.78, 5) is 19.7. The lowest BCUT2D eigenvalue weighted by Gasteiger charge is -2.06. The predicted octanol–water partition coefficient (Wildman–Crippen LogP) is 2.65. The van der Waals surface area contributed by atoms with Crippen LogP contribution in [0.5, 0.6) is 0 Å². The van der Waals surface area contributed by atoms with Crippen molar-refractivity contribution in [1.82, 2.24) is 14.5 Å². The van der Waals surface area contributed by atoms with Gasteiger partial charge in [-0.1, -0.05) is 6.08 Å². The van der Waals surface area contributed by atoms with E-state index >= 15 is 0 Å². The normalized spacial score (nSPS) is 10.5. The van der Waals surface area contributed by atoms with E-state index in [-0.39, 0.29) is 0 Å². The van der Waals surface area contributed by atoms with Crippen LogP contribution in [0, 0.1) is 6.92 Å². The van der Waals surface area contributed by atoms with E-state index in [1.807, 2.05) is 19.2 Å². The van der Waals surface area contributed by atoms with Gasteiger partial charge in [-0.15, -0.1) is 6.58 Å². The van der Waals surface area contributed by atoms with Crippen molar-refractivity contribution < 1.29 is 9.90 Å². The molecular weight excluding hydrogens is 266 g/mol. The number of hydrogen-bond acceptors (Lipinski definition) is 3. The fourth-order valence-electron chi connectivity index (χ4n) is 2.29. The van der Waals surface area contributed by atoms with Gasteiger partial charge in [-0.3, -0.25) is 4.98 Å². The van der Waals surface area contributed by atoms with Crippen LogP contribution < -0.4 is 0 Å². The predicted molar refractivity (Wildman–Crippen MR) is 80.4 cm³/mol. The molecule has 0 atom stereocenters. The van der Waals surface area contributed by atoms with Crippen LogP contribution in [-0.2, 0) is 19.4 Å². The third-order valence-electron chi connectivity index (χ3n) is 3.21. The summed E-state index contributed by atoms with van der Waals surface area (Å²) in [6, 6.07) is 3.23. The summed E-state index contributed by atoms with van der Waals surface area (Å²) in [5, 5.41) is 9.05. The van der Waals surface area contributed by atoms with Gasteiger partial charge in [-0.2, -0.15) is 0 Å². The minimum atomic E-state index is -0.914. The summed E-state index contributed by atoms with van der Waals surface area (Å²) in [5.41, 5.74) is 1.85. The Labute approximate surface area is 124 Å². The molecule has 0 aliphatic carbocycles. The zero-order valence-electron chi connectivity index (χ0n) is 12.1. The molecule has 0 bridgehead atoms. The number of carboxylic acids is 1. The number of aromatic nitrogens is 3. The van der Waals surface area contributed by atoms with Crippen LogP contribution in [0.15, 0.2) is 37.2 Å². The average molecular weight is 285 g/mol. The standard InChI is InChI=1S/C16H19N3O2/c1-3-8-19-9-7-17-15(19)6-4-5-14-11-13(16(20)21)10-12(2)18-14/h3,7,9-11H,1,4-6,8H2,2H3,(H,20,21). The quantitative estimate of drug-likeness (QED) is 0.794. The number of hydrogen-bond donors (Lipinski definition) is 1. The van der Waals surface area contributed by atoms with Crippen LogP contribution in [-0.4, -0.2) is 25.6 Å². The van der Waals surface area contributed by atoms with Crippen molar-refractivity contribution in [2.75, 3.05) is 0 Å². The third-order valence-corrected chi connectivity index (χ3v) is 3.21. The topological polar surface area (TPSA) is 68.0 Å². The second-order valence-electron chi connectivity index (χ2n) is 4.93. The van der Waals surface area contributed by atoms with Gasteiger partial charge >= 0.3 is 5.97 Å². The van der Waals surface area contributed by atoms with Crippen LogP contribution in [0.2, 0.25) is 0 Å². The molecule has 0 aliphatic heterocycles. The zero-order chi connectivity index (χ0) is 15.2. The van der Waals surface area contributed by atoms with Gasteiger partial charge in [-0.05, 0) is 31.9 Å². The van der Waals surface area contributed by atoms with Gasteiger partial charge in [-0.25, -0.2) is 9.78 Å². The van der Waals surface area contributed by atoms with Crippen LogP contribution >= 0.6 is 0 Å². The van der Waals surface area contributed by atoms with Gasteiger partial charge in [0.25, 0.3) is 0 Å². The number of carbonyl (C=O) groups is 1. The number of nitrogens with zero attached hydrogens (tertiary/aromatic N) is 3. The smallest absolute Gasteiger partial charge is 0.335 e. The van der Waals surface area contributed by atoms with Gasteiger partial charge in [0.2, 0.25) is 0 Å². The van der Waals surface area contributed by atoms with Crippen molar-refractivity contribution in [3.8, 4) is 0 Å². The highest BCUT2D eigenvalue weighted by Gasteiger charge is 2.07. The SMILES string of the molecule is C=CCn1ccnc1CCCc1cc(C(=O)O)cc(C)n1. The van der Waals surface area contributed by atoms with Crippen molar-refractivity contribution in [3.05, 3.63) is 60.0 Å². The number of imidazole rings is 1. The van der Waals surface area contributed by atoms with E-state index in [9.17, 15) is 4.79 Å². The molecule has 1 N–H and O–H groups in total. The summed E-state index contributed by atoms with van der Waals surface area (Å²) in [7, 11) is 0. The second-order valence-corrected chi connectivity index (χ2v) is 4.93. The van der Waals surface area contributed by atoms with Crippen LogP contribution in [0.4, 0.5) is 0 Å². The molecule has 0 fully saturated rings. The molecule has 0 radical (unpaired) electrons. The van der Waals surface area contributed by atoms with E-state index < -0.39 is 5.97 Å². The minimum Gasteiger partial charge on any atom is -0.478 e. The average Bonchev–Trinajstić information content (AvgIpc) is 2.86. The number of pyridine rings is 1. The molecule has 0 unspecified atom stereocenters. The molecule has 2 aromatic rings. The highest BCUT2D eigenvalue weighted by atomic mass is 16.4. The number of allylic oxidation sites excluding steroid dienone is 1. The van der Waals surface area contributed by atoms with Crippen molar-refractivity contribution >= 4 is 5.97 Å². The molecule has 0 amide bonds. The second kappa shape index (κ2) is 6.83. The van der Waals surface area contributed by atoms with Gasteiger partial charge in [0.15, 0.2) is 0 Å². The Balaban J connectivity index is 1.98. The van der Waals surface area contributed by atoms with Crippen LogP contribution in [0.3, 0.4) is 0 Å². The van der Waals surface area contributed by atoms with E-state index in [0.29, 0.717) is 5.56 Å². The van der Waals surface area contributed by atoms with Crippen molar-refractivity contribution in [2.45, 2.75) is 32.7 Å². The minimum absolute atomic E-state index is 0.297. The first-order valence-electron chi connectivity index (χ1n) is 6.92. The number of aryl methyl sites for hydroxylation is 3. The fraction of sp³-hybridized carbons (Fsp3) is 0.312. The summed E-state index contributed by atoms with van der Waals surface area (Å²) in [6.45, 7) is 6.29. The third kappa shape index (κ3) is 4.02. The highest BCUT2D eigenvalue weighted by molar-refractivity contribution is 5.87. The fourth-order valence-corrected chi connectivity index (χ4v) is 2.29. The summed E-state index contributed by atoms with van der Waals surface area (Å²) in [5.74, 6) is 0.101. The first kappa shape index (κ1) is 15.0. The van der Waals surface area contributed by atoms with E-state index in [4.69, 9.17) is 5.11 Å². The van der Waals surface area contributed by atoms with E-state index in [1.165, 1.54) is 0 Å². The Morgan fingerprint density at radius 2 is 2.24 bits per heavy atom. The molecule has 0 aromatic carbocycles.